The molecule has 0 aliphatic heterocycles. The van der Waals surface area contributed by atoms with Crippen LogP contribution in [0, 0.1) is 12.3 Å². The summed E-state index contributed by atoms with van der Waals surface area (Å²) in [6.45, 7) is 1.96. The molecule has 1 rings (SSSR count). The zero-order chi connectivity index (χ0) is 13.5. The van der Waals surface area contributed by atoms with E-state index in [1.807, 2.05) is 6.92 Å². The van der Waals surface area contributed by atoms with Crippen LogP contribution >= 0.6 is 0 Å². The number of nitrogens with zero attached hydrogens (tertiary/aromatic N) is 1. The van der Waals surface area contributed by atoms with Crippen LogP contribution in [0.4, 0.5) is 0 Å². The van der Waals surface area contributed by atoms with E-state index in [1.54, 1.807) is 0 Å². The van der Waals surface area contributed by atoms with E-state index in [0.29, 0.717) is 6.42 Å². The number of terminal acetylenes is 1. The van der Waals surface area contributed by atoms with Crippen molar-refractivity contribution in [2.45, 2.75) is 25.8 Å². The SMILES string of the molecule is C#CC(CCC)NC(=O)c1ccnc(C(=O)O)c1. The number of amides is 1. The number of aromatic carboxylic acids is 1. The van der Waals surface area contributed by atoms with Crippen LogP contribution in [0.1, 0.15) is 40.6 Å². The largest absolute Gasteiger partial charge is 0.477 e. The lowest BCUT2D eigenvalue weighted by atomic mass is 10.1. The molecular weight excluding hydrogens is 232 g/mol. The molecule has 0 fully saturated rings. The van der Waals surface area contributed by atoms with Crippen LogP contribution < -0.4 is 5.32 Å². The Morgan fingerprint density at radius 3 is 2.89 bits per heavy atom. The van der Waals surface area contributed by atoms with Gasteiger partial charge in [-0.1, -0.05) is 19.3 Å². The minimum atomic E-state index is -1.17. The number of hydrogen-bond donors (Lipinski definition) is 2. The Morgan fingerprint density at radius 1 is 1.61 bits per heavy atom. The summed E-state index contributed by atoms with van der Waals surface area (Å²) in [5, 5.41) is 11.4. The second kappa shape index (κ2) is 6.40. The van der Waals surface area contributed by atoms with Gasteiger partial charge >= 0.3 is 5.97 Å². The number of carbonyl (C=O) groups excluding carboxylic acids is 1. The van der Waals surface area contributed by atoms with E-state index in [2.05, 4.69) is 16.2 Å². The fraction of sp³-hybridized carbons (Fsp3) is 0.308. The third-order valence-electron chi connectivity index (χ3n) is 2.33. The quantitative estimate of drug-likeness (QED) is 0.768. The van der Waals surface area contributed by atoms with Gasteiger partial charge in [0.2, 0.25) is 0 Å². The molecule has 0 radical (unpaired) electrons. The third kappa shape index (κ3) is 3.59. The molecule has 1 amide bonds. The molecule has 0 bridgehead atoms. The van der Waals surface area contributed by atoms with E-state index < -0.39 is 11.9 Å². The van der Waals surface area contributed by atoms with Gasteiger partial charge < -0.3 is 10.4 Å². The maximum atomic E-state index is 11.8. The Labute approximate surface area is 105 Å². The maximum absolute atomic E-state index is 11.8. The Morgan fingerprint density at radius 2 is 2.33 bits per heavy atom. The maximum Gasteiger partial charge on any atom is 0.354 e. The predicted molar refractivity (Wildman–Crippen MR) is 66.2 cm³/mol. The highest BCUT2D eigenvalue weighted by molar-refractivity contribution is 5.96. The van der Waals surface area contributed by atoms with Gasteiger partial charge in [-0.15, -0.1) is 6.42 Å². The summed E-state index contributed by atoms with van der Waals surface area (Å²) in [4.78, 5) is 26.2. The number of carboxylic acid groups (broad SMARTS) is 1. The van der Waals surface area contributed by atoms with E-state index in [1.165, 1.54) is 18.3 Å². The van der Waals surface area contributed by atoms with E-state index in [4.69, 9.17) is 11.5 Å². The van der Waals surface area contributed by atoms with Gasteiger partial charge in [0.25, 0.3) is 5.91 Å². The van der Waals surface area contributed by atoms with Gasteiger partial charge in [0.1, 0.15) is 5.69 Å². The van der Waals surface area contributed by atoms with Crippen molar-refractivity contribution >= 4 is 11.9 Å². The van der Waals surface area contributed by atoms with Crippen LogP contribution in [0.5, 0.6) is 0 Å². The van der Waals surface area contributed by atoms with Crippen LogP contribution in [0.15, 0.2) is 18.3 Å². The van der Waals surface area contributed by atoms with Crippen molar-refractivity contribution in [3.8, 4) is 12.3 Å². The summed E-state index contributed by atoms with van der Waals surface area (Å²) >= 11 is 0. The van der Waals surface area contributed by atoms with Gasteiger partial charge in [0.15, 0.2) is 0 Å². The summed E-state index contributed by atoms with van der Waals surface area (Å²) < 4.78 is 0. The highest BCUT2D eigenvalue weighted by Gasteiger charge is 2.13. The fourth-order valence-corrected chi connectivity index (χ4v) is 1.42. The Kier molecular flexibility index (Phi) is 4.88. The first kappa shape index (κ1) is 13.7. The van der Waals surface area contributed by atoms with E-state index in [9.17, 15) is 9.59 Å². The number of carbonyl (C=O) groups is 2. The average molecular weight is 246 g/mol. The fourth-order valence-electron chi connectivity index (χ4n) is 1.42. The summed E-state index contributed by atoms with van der Waals surface area (Å²) in [7, 11) is 0. The highest BCUT2D eigenvalue weighted by atomic mass is 16.4. The Bertz CT molecular complexity index is 491. The summed E-state index contributed by atoms with van der Waals surface area (Å²) in [6.07, 6.45) is 8.11. The van der Waals surface area contributed by atoms with Crippen molar-refractivity contribution < 1.29 is 14.7 Å². The lowest BCUT2D eigenvalue weighted by Crippen LogP contribution is -2.33. The van der Waals surface area contributed by atoms with Crippen molar-refractivity contribution in [3.05, 3.63) is 29.6 Å². The molecule has 1 heterocycles. The van der Waals surface area contributed by atoms with Crippen LogP contribution in [0.3, 0.4) is 0 Å². The van der Waals surface area contributed by atoms with Gasteiger partial charge in [0.05, 0.1) is 6.04 Å². The molecule has 5 nitrogen and oxygen atoms in total. The lowest BCUT2D eigenvalue weighted by Gasteiger charge is -2.11. The summed E-state index contributed by atoms with van der Waals surface area (Å²) in [6, 6.07) is 2.32. The van der Waals surface area contributed by atoms with Crippen molar-refractivity contribution in [1.82, 2.24) is 10.3 Å². The number of carboxylic acids is 1. The zero-order valence-corrected chi connectivity index (χ0v) is 10.0. The Hall–Kier alpha value is -2.35. The van der Waals surface area contributed by atoms with Gasteiger partial charge in [0, 0.05) is 11.8 Å². The van der Waals surface area contributed by atoms with E-state index in [0.717, 1.165) is 6.42 Å². The van der Waals surface area contributed by atoms with E-state index >= 15 is 0 Å². The van der Waals surface area contributed by atoms with Crippen LogP contribution in [0.25, 0.3) is 0 Å². The van der Waals surface area contributed by atoms with Gasteiger partial charge in [-0.05, 0) is 18.6 Å². The van der Waals surface area contributed by atoms with Gasteiger partial charge in [-0.25, -0.2) is 9.78 Å². The molecule has 1 aromatic rings. The van der Waals surface area contributed by atoms with Gasteiger partial charge in [-0.3, -0.25) is 4.79 Å². The third-order valence-corrected chi connectivity index (χ3v) is 2.33. The van der Waals surface area contributed by atoms with Crippen LogP contribution in [-0.4, -0.2) is 28.0 Å². The van der Waals surface area contributed by atoms with Crippen molar-refractivity contribution in [2.75, 3.05) is 0 Å². The molecule has 1 unspecified atom stereocenters. The number of hydrogen-bond acceptors (Lipinski definition) is 3. The summed E-state index contributed by atoms with van der Waals surface area (Å²) in [5.41, 5.74) is 0.0640. The standard InChI is InChI=1S/C13H14N2O3/c1-3-5-10(4-2)15-12(16)9-6-7-14-11(8-9)13(17)18/h2,6-8,10H,3,5H2,1H3,(H,15,16)(H,17,18). The average Bonchev–Trinajstić information content (AvgIpc) is 2.38. The first-order valence-corrected chi connectivity index (χ1v) is 5.54. The predicted octanol–water partition coefficient (Wildman–Crippen LogP) is 1.31. The monoisotopic (exact) mass is 246 g/mol. The molecule has 0 aliphatic rings. The topological polar surface area (TPSA) is 79.3 Å². The first-order valence-electron chi connectivity index (χ1n) is 5.54. The molecule has 0 aromatic carbocycles. The van der Waals surface area contributed by atoms with Gasteiger partial charge in [-0.2, -0.15) is 0 Å². The molecule has 18 heavy (non-hydrogen) atoms. The molecule has 1 atom stereocenters. The van der Waals surface area contributed by atoms with Crippen LogP contribution in [0.2, 0.25) is 0 Å². The van der Waals surface area contributed by atoms with E-state index in [-0.39, 0.29) is 17.3 Å². The second-order valence-electron chi connectivity index (χ2n) is 3.72. The molecule has 5 heteroatoms. The first-order chi connectivity index (χ1) is 8.58. The number of pyridine rings is 1. The van der Waals surface area contributed by atoms with Crippen molar-refractivity contribution in [3.63, 3.8) is 0 Å². The minimum absolute atomic E-state index is 0.171. The normalized spacial score (nSPS) is 11.3. The molecule has 0 saturated carbocycles. The molecular formula is C13H14N2O3. The Balaban J connectivity index is 2.81. The van der Waals surface area contributed by atoms with Crippen LogP contribution in [-0.2, 0) is 0 Å². The molecule has 1 aromatic heterocycles. The highest BCUT2D eigenvalue weighted by Crippen LogP contribution is 2.04. The second-order valence-corrected chi connectivity index (χ2v) is 3.72. The lowest BCUT2D eigenvalue weighted by molar-refractivity contribution is 0.0690. The molecule has 0 aliphatic carbocycles. The number of rotatable bonds is 5. The minimum Gasteiger partial charge on any atom is -0.477 e. The molecule has 94 valence electrons. The smallest absolute Gasteiger partial charge is 0.354 e. The number of aromatic nitrogens is 1. The molecule has 0 saturated heterocycles. The molecule has 0 spiro atoms. The summed E-state index contributed by atoms with van der Waals surface area (Å²) in [5.74, 6) is 0.910. The van der Waals surface area contributed by atoms with Crippen molar-refractivity contribution in [2.24, 2.45) is 0 Å². The number of nitrogens with one attached hydrogen (secondary N) is 1. The molecule has 2 N–H and O–H groups in total. The zero-order valence-electron chi connectivity index (χ0n) is 10.0. The van der Waals surface area contributed by atoms with Crippen molar-refractivity contribution in [1.29, 1.82) is 0 Å².